The number of halogens is 3. The summed E-state index contributed by atoms with van der Waals surface area (Å²) in [5, 5.41) is 7.27. The first-order valence-electron chi connectivity index (χ1n) is 4.76. The summed E-state index contributed by atoms with van der Waals surface area (Å²) in [5.41, 5.74) is 0.0403. The molecule has 0 aromatic heterocycles. The first kappa shape index (κ1) is 14.6. The van der Waals surface area contributed by atoms with Crippen LogP contribution in [0.15, 0.2) is 24.3 Å². The number of benzene rings is 1. The smallest absolute Gasteiger partial charge is 0.404 e. The average Bonchev–Trinajstić information content (AvgIpc) is 2.16. The summed E-state index contributed by atoms with van der Waals surface area (Å²) in [6.45, 7) is -0.114. The van der Waals surface area contributed by atoms with Crippen LogP contribution in [0.5, 0.6) is 5.75 Å². The molecule has 3 N–H and O–H groups in total. The maximum atomic E-state index is 12.1. The molecule has 0 radical (unpaired) electrons. The van der Waals surface area contributed by atoms with Crippen molar-refractivity contribution >= 4 is 15.7 Å². The molecule has 0 aliphatic carbocycles. The van der Waals surface area contributed by atoms with E-state index in [0.717, 1.165) is 6.07 Å². The largest absolute Gasteiger partial charge is 0.573 e. The fourth-order valence-electron chi connectivity index (χ4n) is 1.15. The van der Waals surface area contributed by atoms with E-state index in [4.69, 9.17) is 5.14 Å². The lowest BCUT2D eigenvalue weighted by Gasteiger charge is -2.14. The SMILES string of the molecule is NS(=O)(=O)CCNc1ccccc1OC(F)(F)F. The number of ether oxygens (including phenoxy) is 1. The summed E-state index contributed by atoms with van der Waals surface area (Å²) in [6.07, 6.45) is -4.81. The molecule has 9 heteroatoms. The van der Waals surface area contributed by atoms with E-state index in [-0.39, 0.29) is 12.2 Å². The van der Waals surface area contributed by atoms with Crippen LogP contribution in [0.25, 0.3) is 0 Å². The third kappa shape index (κ3) is 5.73. The van der Waals surface area contributed by atoms with Gasteiger partial charge in [-0.25, -0.2) is 13.6 Å². The van der Waals surface area contributed by atoms with Gasteiger partial charge in [0.25, 0.3) is 0 Å². The van der Waals surface area contributed by atoms with Crippen LogP contribution in [0.1, 0.15) is 0 Å². The molecule has 1 rings (SSSR count). The van der Waals surface area contributed by atoms with E-state index in [9.17, 15) is 21.6 Å². The molecule has 0 bridgehead atoms. The Morgan fingerprint density at radius 3 is 2.44 bits per heavy atom. The minimum Gasteiger partial charge on any atom is -0.404 e. The van der Waals surface area contributed by atoms with E-state index < -0.39 is 27.9 Å². The number of nitrogens with two attached hydrogens (primary N) is 1. The predicted octanol–water partition coefficient (Wildman–Crippen LogP) is 1.29. The normalized spacial score (nSPS) is 12.2. The van der Waals surface area contributed by atoms with Crippen molar-refractivity contribution in [3.63, 3.8) is 0 Å². The minimum atomic E-state index is -4.81. The molecule has 0 amide bonds. The number of hydrogen-bond acceptors (Lipinski definition) is 4. The molecular weight excluding hydrogens is 273 g/mol. The molecule has 0 heterocycles. The highest BCUT2D eigenvalue weighted by Gasteiger charge is 2.32. The number of sulfonamides is 1. The molecule has 102 valence electrons. The highest BCUT2D eigenvalue weighted by atomic mass is 32.2. The van der Waals surface area contributed by atoms with E-state index >= 15 is 0 Å². The lowest BCUT2D eigenvalue weighted by Crippen LogP contribution is -2.23. The molecule has 0 saturated carbocycles. The van der Waals surface area contributed by atoms with Crippen molar-refractivity contribution in [3.05, 3.63) is 24.3 Å². The summed E-state index contributed by atoms with van der Waals surface area (Å²) in [6, 6.07) is 5.31. The molecule has 0 fully saturated rings. The van der Waals surface area contributed by atoms with Crippen LogP contribution in [-0.2, 0) is 10.0 Å². The number of primary sulfonamides is 1. The van der Waals surface area contributed by atoms with Crippen LogP contribution in [0.3, 0.4) is 0 Å². The van der Waals surface area contributed by atoms with E-state index in [0.29, 0.717) is 0 Å². The number of para-hydroxylation sites is 2. The van der Waals surface area contributed by atoms with E-state index in [1.807, 2.05) is 0 Å². The number of alkyl halides is 3. The molecular formula is C9H11F3N2O3S. The lowest BCUT2D eigenvalue weighted by atomic mass is 10.3. The van der Waals surface area contributed by atoms with Gasteiger partial charge >= 0.3 is 6.36 Å². The van der Waals surface area contributed by atoms with Gasteiger partial charge in [-0.1, -0.05) is 12.1 Å². The van der Waals surface area contributed by atoms with Gasteiger partial charge in [-0.15, -0.1) is 13.2 Å². The minimum absolute atomic E-state index is 0.0403. The van der Waals surface area contributed by atoms with Gasteiger partial charge in [-0.05, 0) is 12.1 Å². The Hall–Kier alpha value is -1.48. The molecule has 0 saturated heterocycles. The van der Waals surface area contributed by atoms with Crippen LogP contribution in [0.4, 0.5) is 18.9 Å². The topological polar surface area (TPSA) is 81.4 Å². The Kier molecular flexibility index (Phi) is 4.41. The molecule has 5 nitrogen and oxygen atoms in total. The van der Waals surface area contributed by atoms with Crippen molar-refractivity contribution in [2.24, 2.45) is 5.14 Å². The number of rotatable bonds is 5. The number of anilines is 1. The Bertz CT molecular complexity index is 502. The Morgan fingerprint density at radius 1 is 1.28 bits per heavy atom. The van der Waals surface area contributed by atoms with E-state index in [1.165, 1.54) is 18.2 Å². The Morgan fingerprint density at radius 2 is 1.89 bits per heavy atom. The van der Waals surface area contributed by atoms with Gasteiger partial charge in [-0.2, -0.15) is 0 Å². The van der Waals surface area contributed by atoms with Gasteiger partial charge < -0.3 is 10.1 Å². The zero-order valence-electron chi connectivity index (χ0n) is 9.07. The fraction of sp³-hybridized carbons (Fsp3) is 0.333. The monoisotopic (exact) mass is 284 g/mol. The van der Waals surface area contributed by atoms with Crippen LogP contribution >= 0.6 is 0 Å². The van der Waals surface area contributed by atoms with Crippen molar-refractivity contribution in [2.75, 3.05) is 17.6 Å². The van der Waals surface area contributed by atoms with Gasteiger partial charge in [0.2, 0.25) is 10.0 Å². The van der Waals surface area contributed by atoms with Crippen LogP contribution < -0.4 is 15.2 Å². The van der Waals surface area contributed by atoms with Gasteiger partial charge in [0.1, 0.15) is 0 Å². The fourth-order valence-corrected chi connectivity index (χ4v) is 1.54. The third-order valence-corrected chi connectivity index (χ3v) is 2.59. The molecule has 0 unspecified atom stereocenters. The van der Waals surface area contributed by atoms with Crippen molar-refractivity contribution in [3.8, 4) is 5.75 Å². The number of nitrogens with one attached hydrogen (secondary N) is 1. The molecule has 0 aliphatic rings. The predicted molar refractivity (Wildman–Crippen MR) is 59.6 cm³/mol. The molecule has 0 spiro atoms. The summed E-state index contributed by atoms with van der Waals surface area (Å²) in [4.78, 5) is 0. The summed E-state index contributed by atoms with van der Waals surface area (Å²) in [7, 11) is -3.67. The summed E-state index contributed by atoms with van der Waals surface area (Å²) < 4.78 is 61.3. The maximum absolute atomic E-state index is 12.1. The van der Waals surface area contributed by atoms with Gasteiger partial charge in [-0.3, -0.25) is 0 Å². The van der Waals surface area contributed by atoms with Crippen molar-refractivity contribution < 1.29 is 26.3 Å². The molecule has 0 atom stereocenters. The van der Waals surface area contributed by atoms with Crippen molar-refractivity contribution in [1.29, 1.82) is 0 Å². The van der Waals surface area contributed by atoms with Crippen molar-refractivity contribution in [2.45, 2.75) is 6.36 Å². The summed E-state index contributed by atoms with van der Waals surface area (Å²) >= 11 is 0. The molecule has 1 aromatic carbocycles. The van der Waals surface area contributed by atoms with Gasteiger partial charge in [0, 0.05) is 6.54 Å². The second kappa shape index (κ2) is 5.44. The maximum Gasteiger partial charge on any atom is 0.573 e. The first-order valence-corrected chi connectivity index (χ1v) is 6.48. The second-order valence-corrected chi connectivity index (χ2v) is 5.07. The standard InChI is InChI=1S/C9H11F3N2O3S/c10-9(11,12)17-8-4-2-1-3-7(8)14-5-6-18(13,15)16/h1-4,14H,5-6H2,(H2,13,15,16). The quantitative estimate of drug-likeness (QED) is 0.853. The van der Waals surface area contributed by atoms with E-state index in [1.54, 1.807) is 0 Å². The second-order valence-electron chi connectivity index (χ2n) is 3.34. The van der Waals surface area contributed by atoms with Gasteiger partial charge in [0.15, 0.2) is 5.75 Å². The zero-order chi connectivity index (χ0) is 13.8. The van der Waals surface area contributed by atoms with Crippen LogP contribution in [-0.4, -0.2) is 27.1 Å². The zero-order valence-corrected chi connectivity index (χ0v) is 9.88. The lowest BCUT2D eigenvalue weighted by molar-refractivity contribution is -0.274. The molecule has 1 aromatic rings. The Labute approximate surface area is 102 Å². The first-order chi connectivity index (χ1) is 8.17. The summed E-state index contributed by atoms with van der Waals surface area (Å²) in [5.74, 6) is -0.827. The van der Waals surface area contributed by atoms with Gasteiger partial charge in [0.05, 0.1) is 11.4 Å². The highest BCUT2D eigenvalue weighted by molar-refractivity contribution is 7.89. The third-order valence-electron chi connectivity index (χ3n) is 1.81. The van der Waals surface area contributed by atoms with Crippen molar-refractivity contribution in [1.82, 2.24) is 0 Å². The highest BCUT2D eigenvalue weighted by Crippen LogP contribution is 2.29. The van der Waals surface area contributed by atoms with Crippen LogP contribution in [0, 0.1) is 0 Å². The van der Waals surface area contributed by atoms with Crippen LogP contribution in [0.2, 0.25) is 0 Å². The molecule has 18 heavy (non-hydrogen) atoms. The number of hydrogen-bond donors (Lipinski definition) is 2. The Balaban J connectivity index is 2.71. The average molecular weight is 284 g/mol. The molecule has 0 aliphatic heterocycles. The van der Waals surface area contributed by atoms with E-state index in [2.05, 4.69) is 10.1 Å².